The molecule has 0 N–H and O–H groups in total. The van der Waals surface area contributed by atoms with Crippen molar-refractivity contribution in [1.82, 2.24) is 0 Å². The molecule has 2 aromatic rings. The van der Waals surface area contributed by atoms with E-state index >= 15 is 0 Å². The van der Waals surface area contributed by atoms with Crippen molar-refractivity contribution in [3.63, 3.8) is 0 Å². The minimum absolute atomic E-state index is 0.00740. The monoisotopic (exact) mass is 502 g/mol. The first kappa shape index (κ1) is 26.7. The van der Waals surface area contributed by atoms with E-state index in [-0.39, 0.29) is 32.0 Å². The Kier molecular flexibility index (Phi) is 8.63. The van der Waals surface area contributed by atoms with Gasteiger partial charge in [0.1, 0.15) is 0 Å². The number of hydrogen-bond acceptors (Lipinski definition) is 10. The number of carbonyl (C=O) groups excluding carboxylic acids is 3. The highest BCUT2D eigenvalue weighted by molar-refractivity contribution is 6.08. The molecule has 10 heteroatoms. The van der Waals surface area contributed by atoms with E-state index in [0.29, 0.717) is 34.3 Å². The van der Waals surface area contributed by atoms with Crippen molar-refractivity contribution in [2.45, 2.75) is 26.7 Å². The van der Waals surface area contributed by atoms with Crippen LogP contribution in [0.5, 0.6) is 28.7 Å². The van der Waals surface area contributed by atoms with Crippen LogP contribution in [0.15, 0.2) is 30.3 Å². The molecule has 0 atom stereocenters. The van der Waals surface area contributed by atoms with Crippen molar-refractivity contribution in [2.75, 3.05) is 41.3 Å². The van der Waals surface area contributed by atoms with Crippen LogP contribution in [0.3, 0.4) is 0 Å². The van der Waals surface area contributed by atoms with Crippen molar-refractivity contribution in [3.05, 3.63) is 41.5 Å². The number of methoxy groups -OCH3 is 3. The Hall–Kier alpha value is -3.95. The Bertz CT molecular complexity index is 1080. The summed E-state index contributed by atoms with van der Waals surface area (Å²) in [5, 5.41) is 0. The Morgan fingerprint density at radius 3 is 1.94 bits per heavy atom. The largest absolute Gasteiger partial charge is 0.493 e. The van der Waals surface area contributed by atoms with Crippen LogP contribution in [0.25, 0.3) is 0 Å². The zero-order valence-electron chi connectivity index (χ0n) is 21.0. The molecule has 1 heterocycles. The Balaban J connectivity index is 2.09. The molecule has 3 rings (SSSR count). The molecule has 0 unspecified atom stereocenters. The van der Waals surface area contributed by atoms with Crippen LogP contribution < -0.4 is 23.7 Å². The first-order valence-electron chi connectivity index (χ1n) is 11.4. The van der Waals surface area contributed by atoms with Crippen LogP contribution in [-0.4, -0.2) is 59.1 Å². The van der Waals surface area contributed by atoms with Crippen molar-refractivity contribution in [1.29, 1.82) is 0 Å². The first-order valence-corrected chi connectivity index (χ1v) is 11.4. The van der Waals surface area contributed by atoms with E-state index < -0.39 is 29.6 Å². The Morgan fingerprint density at radius 1 is 0.833 bits per heavy atom. The topological polar surface area (TPSA) is 116 Å². The summed E-state index contributed by atoms with van der Waals surface area (Å²) in [6, 6.07) is 7.89. The lowest BCUT2D eigenvalue weighted by molar-refractivity contribution is -0.172. The lowest BCUT2D eigenvalue weighted by Crippen LogP contribution is -2.45. The van der Waals surface area contributed by atoms with Crippen molar-refractivity contribution in [2.24, 2.45) is 5.41 Å². The molecule has 0 amide bonds. The number of ether oxygens (including phenoxy) is 7. The van der Waals surface area contributed by atoms with Gasteiger partial charge in [0.25, 0.3) is 0 Å². The molecule has 0 saturated carbocycles. The highest BCUT2D eigenvalue weighted by Gasteiger charge is 2.51. The van der Waals surface area contributed by atoms with E-state index in [4.69, 9.17) is 33.2 Å². The standard InChI is InChI=1S/C26H30O10/c1-6-33-24(28)26(25(29)34-7-2,13-16-10-21(30-3)23(32-5)22(11-16)31-4)14-18(27)17-8-9-19-20(12-17)36-15-35-19/h8-12H,6-7,13-15H2,1-5H3. The van der Waals surface area contributed by atoms with Crippen molar-refractivity contribution >= 4 is 17.7 Å². The van der Waals surface area contributed by atoms with Crippen molar-refractivity contribution < 1.29 is 47.5 Å². The molecule has 36 heavy (non-hydrogen) atoms. The summed E-state index contributed by atoms with van der Waals surface area (Å²) in [5.41, 5.74) is -1.24. The van der Waals surface area contributed by atoms with Crippen molar-refractivity contribution in [3.8, 4) is 28.7 Å². The Morgan fingerprint density at radius 2 is 1.42 bits per heavy atom. The van der Waals surface area contributed by atoms with Gasteiger partial charge in [-0.3, -0.25) is 14.4 Å². The molecule has 0 saturated heterocycles. The molecule has 0 aliphatic carbocycles. The molecule has 1 aliphatic heterocycles. The second-order valence-electron chi connectivity index (χ2n) is 7.90. The van der Waals surface area contributed by atoms with Gasteiger partial charge in [-0.2, -0.15) is 0 Å². The van der Waals surface area contributed by atoms with Gasteiger partial charge in [-0.25, -0.2) is 0 Å². The van der Waals surface area contributed by atoms with Gasteiger partial charge in [0.2, 0.25) is 12.5 Å². The highest BCUT2D eigenvalue weighted by Crippen LogP contribution is 2.42. The summed E-state index contributed by atoms with van der Waals surface area (Å²) in [6.45, 7) is 3.30. The molecule has 1 aliphatic rings. The SMILES string of the molecule is CCOC(=O)C(CC(=O)c1ccc2c(c1)OCO2)(Cc1cc(OC)c(OC)c(OC)c1)C(=O)OCC. The average molecular weight is 503 g/mol. The normalized spacial score (nSPS) is 12.0. The lowest BCUT2D eigenvalue weighted by Gasteiger charge is -2.29. The minimum Gasteiger partial charge on any atom is -0.493 e. The molecule has 0 aromatic heterocycles. The number of ketones is 1. The highest BCUT2D eigenvalue weighted by atomic mass is 16.7. The molecule has 10 nitrogen and oxygen atoms in total. The molecule has 0 spiro atoms. The van der Waals surface area contributed by atoms with Crippen LogP contribution in [0.4, 0.5) is 0 Å². The van der Waals surface area contributed by atoms with Crippen LogP contribution in [-0.2, 0) is 25.5 Å². The van der Waals surface area contributed by atoms with Crippen LogP contribution in [0.1, 0.15) is 36.2 Å². The lowest BCUT2D eigenvalue weighted by atomic mass is 9.76. The molecule has 0 bridgehead atoms. The second-order valence-corrected chi connectivity index (χ2v) is 7.90. The van der Waals surface area contributed by atoms with Gasteiger partial charge in [-0.05, 0) is 56.2 Å². The van der Waals surface area contributed by atoms with Gasteiger partial charge in [-0.15, -0.1) is 0 Å². The minimum atomic E-state index is -1.97. The van der Waals surface area contributed by atoms with Gasteiger partial charge in [0, 0.05) is 12.0 Å². The fourth-order valence-electron chi connectivity index (χ4n) is 4.01. The molecule has 0 fully saturated rings. The summed E-state index contributed by atoms with van der Waals surface area (Å²) in [6.07, 6.45) is -0.710. The summed E-state index contributed by atoms with van der Waals surface area (Å²) >= 11 is 0. The molecular weight excluding hydrogens is 472 g/mol. The third-order valence-corrected chi connectivity index (χ3v) is 5.72. The fraction of sp³-hybridized carbons (Fsp3) is 0.423. The number of esters is 2. The summed E-state index contributed by atoms with van der Waals surface area (Å²) in [5.74, 6) is -0.294. The van der Waals surface area contributed by atoms with Crippen LogP contribution in [0.2, 0.25) is 0 Å². The summed E-state index contributed by atoms with van der Waals surface area (Å²) in [4.78, 5) is 40.2. The maximum Gasteiger partial charge on any atom is 0.324 e. The van der Waals surface area contributed by atoms with E-state index in [1.165, 1.54) is 27.4 Å². The van der Waals surface area contributed by atoms with E-state index in [2.05, 4.69) is 0 Å². The van der Waals surface area contributed by atoms with Gasteiger partial charge >= 0.3 is 11.9 Å². The van der Waals surface area contributed by atoms with E-state index in [1.54, 1.807) is 38.1 Å². The molecular formula is C26H30O10. The number of fused-ring (bicyclic) bond motifs is 1. The average Bonchev–Trinajstić information content (AvgIpc) is 3.35. The number of benzene rings is 2. The van der Waals surface area contributed by atoms with Gasteiger partial charge in [0.05, 0.1) is 34.5 Å². The molecule has 0 radical (unpaired) electrons. The predicted molar refractivity (Wildman–Crippen MR) is 127 cm³/mol. The zero-order valence-corrected chi connectivity index (χ0v) is 21.0. The number of Topliss-reactive ketones (excluding diaryl/α,β-unsaturated/α-hetero) is 1. The molecule has 194 valence electrons. The van der Waals surface area contributed by atoms with Crippen LogP contribution >= 0.6 is 0 Å². The third kappa shape index (κ3) is 5.32. The first-order chi connectivity index (χ1) is 17.3. The second kappa shape index (κ2) is 11.7. The zero-order chi connectivity index (χ0) is 26.3. The quantitative estimate of drug-likeness (QED) is 0.243. The van der Waals surface area contributed by atoms with E-state index in [0.717, 1.165) is 0 Å². The maximum absolute atomic E-state index is 13.4. The number of hydrogen-bond donors (Lipinski definition) is 0. The maximum atomic E-state index is 13.4. The summed E-state index contributed by atoms with van der Waals surface area (Å²) in [7, 11) is 4.37. The Labute approximate surface area is 209 Å². The van der Waals surface area contributed by atoms with E-state index in [9.17, 15) is 14.4 Å². The van der Waals surface area contributed by atoms with Crippen LogP contribution in [0, 0.1) is 5.41 Å². The third-order valence-electron chi connectivity index (χ3n) is 5.72. The van der Waals surface area contributed by atoms with Gasteiger partial charge in [0.15, 0.2) is 34.2 Å². The van der Waals surface area contributed by atoms with E-state index in [1.807, 2.05) is 0 Å². The van der Waals surface area contributed by atoms with Gasteiger partial charge in [-0.1, -0.05) is 0 Å². The number of rotatable bonds is 12. The summed E-state index contributed by atoms with van der Waals surface area (Å²) < 4.78 is 37.4. The molecule has 2 aromatic carbocycles. The predicted octanol–water partition coefficient (Wildman–Crippen LogP) is 3.37. The fourth-order valence-corrected chi connectivity index (χ4v) is 4.01. The number of carbonyl (C=O) groups is 3. The smallest absolute Gasteiger partial charge is 0.324 e. The van der Waals surface area contributed by atoms with Gasteiger partial charge < -0.3 is 33.2 Å².